The molecule has 24 heavy (non-hydrogen) atoms. The molecule has 1 atom stereocenters. The highest BCUT2D eigenvalue weighted by Gasteiger charge is 2.21. The van der Waals surface area contributed by atoms with E-state index in [0.29, 0.717) is 18.7 Å². The summed E-state index contributed by atoms with van der Waals surface area (Å²) in [5, 5.41) is 9.00. The van der Waals surface area contributed by atoms with Gasteiger partial charge in [0.15, 0.2) is 6.61 Å². The Bertz CT molecular complexity index is 558. The zero-order valence-electron chi connectivity index (χ0n) is 14.9. The van der Waals surface area contributed by atoms with Gasteiger partial charge in [-0.2, -0.15) is 0 Å². The highest BCUT2D eigenvalue weighted by atomic mass is 16.5. The van der Waals surface area contributed by atoms with Gasteiger partial charge in [0.25, 0.3) is 5.91 Å². The summed E-state index contributed by atoms with van der Waals surface area (Å²) in [5.74, 6) is -0.350. The van der Waals surface area contributed by atoms with Crippen molar-refractivity contribution in [1.82, 2.24) is 4.90 Å². The second-order valence-electron chi connectivity index (χ2n) is 5.90. The van der Waals surface area contributed by atoms with Crippen LogP contribution in [0.15, 0.2) is 18.2 Å². The number of aryl methyl sites for hydroxylation is 2. The fraction of sp³-hybridized carbons (Fsp3) is 0.556. The Morgan fingerprint density at radius 2 is 2.00 bits per heavy atom. The number of ether oxygens (including phenoxy) is 2. The minimum absolute atomic E-state index is 0.0196. The lowest BCUT2D eigenvalue weighted by Crippen LogP contribution is -2.40. The van der Waals surface area contributed by atoms with Crippen molar-refractivity contribution in [2.45, 2.75) is 27.2 Å². The normalized spacial score (nSPS) is 11.7. The fourth-order valence-corrected chi connectivity index (χ4v) is 2.28. The van der Waals surface area contributed by atoms with Gasteiger partial charge in [0, 0.05) is 19.7 Å². The van der Waals surface area contributed by atoms with Gasteiger partial charge in [-0.25, -0.2) is 0 Å². The van der Waals surface area contributed by atoms with E-state index in [1.165, 1.54) is 12.0 Å². The average molecular weight is 337 g/mol. The minimum Gasteiger partial charge on any atom is -0.483 e. The molecular weight excluding hydrogens is 310 g/mol. The van der Waals surface area contributed by atoms with Crippen LogP contribution in [0.3, 0.4) is 0 Å². The Morgan fingerprint density at radius 1 is 1.29 bits per heavy atom. The zero-order chi connectivity index (χ0) is 18.1. The molecule has 1 N–H and O–H groups in total. The molecule has 6 heteroatoms. The van der Waals surface area contributed by atoms with Crippen LogP contribution in [-0.2, 0) is 14.3 Å². The Labute approximate surface area is 143 Å². The van der Waals surface area contributed by atoms with Gasteiger partial charge in [0.2, 0.25) is 0 Å². The second-order valence-corrected chi connectivity index (χ2v) is 5.90. The number of methoxy groups -OCH3 is 1. The lowest BCUT2D eigenvalue weighted by Gasteiger charge is -2.25. The van der Waals surface area contributed by atoms with Crippen molar-refractivity contribution in [3.05, 3.63) is 29.3 Å². The lowest BCUT2D eigenvalue weighted by molar-refractivity contribution is -0.146. The van der Waals surface area contributed by atoms with Gasteiger partial charge in [0.1, 0.15) is 5.75 Å². The van der Waals surface area contributed by atoms with Gasteiger partial charge in [0.05, 0.1) is 13.0 Å². The van der Waals surface area contributed by atoms with Gasteiger partial charge in [-0.15, -0.1) is 0 Å². The highest BCUT2D eigenvalue weighted by Crippen LogP contribution is 2.19. The molecule has 0 fully saturated rings. The molecule has 6 nitrogen and oxygen atoms in total. The summed E-state index contributed by atoms with van der Waals surface area (Å²) in [5.41, 5.74) is 2.01. The molecule has 1 aromatic carbocycles. The minimum atomic E-state index is -0.432. The molecule has 1 amide bonds. The molecule has 1 aromatic rings. The van der Waals surface area contributed by atoms with Crippen LogP contribution in [0.1, 0.15) is 24.5 Å². The third-order valence-corrected chi connectivity index (χ3v) is 3.73. The first-order valence-electron chi connectivity index (χ1n) is 8.05. The Balaban J connectivity index is 2.69. The van der Waals surface area contributed by atoms with Crippen molar-refractivity contribution >= 4 is 11.9 Å². The van der Waals surface area contributed by atoms with E-state index < -0.39 is 5.92 Å². The standard InChI is InChI=1S/C18H27NO5/c1-13-6-7-14(2)16(10-13)24-12-17(21)19(8-5-9-20)11-15(3)18(22)23-4/h6-7,10,15,20H,5,8-9,11-12H2,1-4H3. The molecule has 0 bridgehead atoms. The lowest BCUT2D eigenvalue weighted by atomic mass is 10.1. The van der Waals surface area contributed by atoms with Crippen molar-refractivity contribution in [2.75, 3.05) is 33.4 Å². The van der Waals surface area contributed by atoms with Crippen molar-refractivity contribution in [3.8, 4) is 5.75 Å². The summed E-state index contributed by atoms with van der Waals surface area (Å²) in [6.45, 7) is 6.06. The summed E-state index contributed by atoms with van der Waals surface area (Å²) in [4.78, 5) is 25.5. The molecule has 1 unspecified atom stereocenters. The summed E-state index contributed by atoms with van der Waals surface area (Å²) in [6, 6.07) is 5.81. The molecule has 134 valence electrons. The van der Waals surface area contributed by atoms with Crippen molar-refractivity contribution in [3.63, 3.8) is 0 Å². The van der Waals surface area contributed by atoms with E-state index in [2.05, 4.69) is 0 Å². The van der Waals surface area contributed by atoms with Gasteiger partial charge in [-0.3, -0.25) is 9.59 Å². The average Bonchev–Trinajstić information content (AvgIpc) is 2.57. The molecule has 0 heterocycles. The smallest absolute Gasteiger partial charge is 0.310 e. The monoisotopic (exact) mass is 337 g/mol. The maximum Gasteiger partial charge on any atom is 0.310 e. The number of hydrogen-bond acceptors (Lipinski definition) is 5. The summed E-state index contributed by atoms with van der Waals surface area (Å²) in [6.07, 6.45) is 0.448. The number of carbonyl (C=O) groups excluding carboxylic acids is 2. The van der Waals surface area contributed by atoms with Crippen molar-refractivity contribution < 1.29 is 24.2 Å². The van der Waals surface area contributed by atoms with E-state index in [9.17, 15) is 9.59 Å². The van der Waals surface area contributed by atoms with Crippen molar-refractivity contribution in [2.24, 2.45) is 5.92 Å². The fourth-order valence-electron chi connectivity index (χ4n) is 2.28. The van der Waals surface area contributed by atoms with Gasteiger partial charge < -0.3 is 19.5 Å². The van der Waals surface area contributed by atoms with Crippen LogP contribution in [0.25, 0.3) is 0 Å². The quantitative estimate of drug-likeness (QED) is 0.694. The van der Waals surface area contributed by atoms with E-state index >= 15 is 0 Å². The Morgan fingerprint density at radius 3 is 2.62 bits per heavy atom. The van der Waals surface area contributed by atoms with E-state index in [0.717, 1.165) is 11.1 Å². The predicted octanol–water partition coefficient (Wildman–Crippen LogP) is 1.70. The number of carbonyl (C=O) groups is 2. The third kappa shape index (κ3) is 6.20. The van der Waals surface area contributed by atoms with Gasteiger partial charge in [-0.05, 0) is 37.5 Å². The molecule has 0 saturated carbocycles. The zero-order valence-corrected chi connectivity index (χ0v) is 14.9. The van der Waals surface area contributed by atoms with Crippen LogP contribution in [0, 0.1) is 19.8 Å². The first-order chi connectivity index (χ1) is 11.4. The van der Waals surface area contributed by atoms with Crippen LogP contribution >= 0.6 is 0 Å². The number of benzene rings is 1. The number of aliphatic hydroxyl groups excluding tert-OH is 1. The number of amides is 1. The molecular formula is C18H27NO5. The second kappa shape index (κ2) is 9.93. The maximum atomic E-state index is 12.4. The molecule has 0 radical (unpaired) electrons. The predicted molar refractivity (Wildman–Crippen MR) is 90.9 cm³/mol. The summed E-state index contributed by atoms with van der Waals surface area (Å²) < 4.78 is 10.3. The molecule has 0 aliphatic carbocycles. The summed E-state index contributed by atoms with van der Waals surface area (Å²) >= 11 is 0. The van der Waals surface area contributed by atoms with Crippen LogP contribution in [0.4, 0.5) is 0 Å². The third-order valence-electron chi connectivity index (χ3n) is 3.73. The number of hydrogen-bond donors (Lipinski definition) is 1. The number of aliphatic hydroxyl groups is 1. The molecule has 0 aromatic heterocycles. The number of rotatable bonds is 9. The van der Waals surface area contributed by atoms with Crippen LogP contribution in [-0.4, -0.2) is 55.3 Å². The van der Waals surface area contributed by atoms with Crippen LogP contribution < -0.4 is 4.74 Å². The largest absolute Gasteiger partial charge is 0.483 e. The first kappa shape index (κ1) is 20.0. The summed E-state index contributed by atoms with van der Waals surface area (Å²) in [7, 11) is 1.32. The molecule has 0 aliphatic rings. The van der Waals surface area contributed by atoms with E-state index in [-0.39, 0.29) is 31.6 Å². The molecule has 0 saturated heterocycles. The topological polar surface area (TPSA) is 76.1 Å². The first-order valence-corrected chi connectivity index (χ1v) is 8.05. The Hall–Kier alpha value is -2.08. The van der Waals surface area contributed by atoms with E-state index in [1.807, 2.05) is 32.0 Å². The highest BCUT2D eigenvalue weighted by molar-refractivity contribution is 5.79. The van der Waals surface area contributed by atoms with E-state index in [4.69, 9.17) is 14.6 Å². The van der Waals surface area contributed by atoms with Crippen molar-refractivity contribution in [1.29, 1.82) is 0 Å². The van der Waals surface area contributed by atoms with Gasteiger partial charge >= 0.3 is 5.97 Å². The SMILES string of the molecule is COC(=O)C(C)CN(CCCO)C(=O)COc1cc(C)ccc1C. The van der Waals surface area contributed by atoms with Crippen LogP contribution in [0.5, 0.6) is 5.75 Å². The van der Waals surface area contributed by atoms with Crippen LogP contribution in [0.2, 0.25) is 0 Å². The van der Waals surface area contributed by atoms with E-state index in [1.54, 1.807) is 6.92 Å². The molecule has 0 spiro atoms. The number of nitrogens with zero attached hydrogens (tertiary/aromatic N) is 1. The maximum absolute atomic E-state index is 12.4. The molecule has 0 aliphatic heterocycles. The van der Waals surface area contributed by atoms with Gasteiger partial charge in [-0.1, -0.05) is 19.1 Å². The Kier molecular flexibility index (Phi) is 8.26. The molecule has 1 rings (SSSR count). The number of esters is 1.